The van der Waals surface area contributed by atoms with Crippen LogP contribution in [0.4, 0.5) is 0 Å². The van der Waals surface area contributed by atoms with Gasteiger partial charge in [-0.25, -0.2) is 4.98 Å². The fourth-order valence-electron chi connectivity index (χ4n) is 4.39. The fraction of sp³-hybridized carbons (Fsp3) is 0.200. The Morgan fingerprint density at radius 3 is 2.77 bits per heavy atom. The number of rotatable bonds is 5. The molecule has 0 bridgehead atoms. The van der Waals surface area contributed by atoms with E-state index in [1.807, 2.05) is 12.1 Å². The molecule has 4 N–H and O–H groups in total. The van der Waals surface area contributed by atoms with Crippen molar-refractivity contribution in [2.24, 2.45) is 5.73 Å². The Labute approximate surface area is 185 Å². The third kappa shape index (κ3) is 3.94. The zero-order chi connectivity index (χ0) is 21.4. The van der Waals surface area contributed by atoms with Crippen LogP contribution in [0.15, 0.2) is 60.7 Å². The number of amides is 1. The molecule has 0 saturated carbocycles. The molecule has 1 amide bonds. The topological polar surface area (TPSA) is 83.8 Å². The predicted octanol–water partition coefficient (Wildman–Crippen LogP) is 5.15. The van der Waals surface area contributed by atoms with Crippen LogP contribution in [-0.2, 0) is 13.0 Å². The minimum Gasteiger partial charge on any atom is -0.366 e. The van der Waals surface area contributed by atoms with Gasteiger partial charge in [-0.15, -0.1) is 0 Å². The number of H-pyrrole nitrogens is 1. The Morgan fingerprint density at radius 1 is 1.16 bits per heavy atom. The maximum atomic E-state index is 11.7. The highest BCUT2D eigenvalue weighted by Crippen LogP contribution is 2.30. The van der Waals surface area contributed by atoms with Gasteiger partial charge >= 0.3 is 0 Å². The molecule has 0 radical (unpaired) electrons. The van der Waals surface area contributed by atoms with Crippen molar-refractivity contribution in [2.45, 2.75) is 31.8 Å². The van der Waals surface area contributed by atoms with Crippen LogP contribution in [0, 0.1) is 0 Å². The van der Waals surface area contributed by atoms with E-state index in [9.17, 15) is 4.79 Å². The predicted molar refractivity (Wildman–Crippen MR) is 124 cm³/mol. The van der Waals surface area contributed by atoms with Crippen molar-refractivity contribution >= 4 is 28.5 Å². The number of aromatic nitrogens is 2. The van der Waals surface area contributed by atoms with Crippen LogP contribution >= 0.6 is 11.6 Å². The first-order valence-corrected chi connectivity index (χ1v) is 10.9. The molecule has 0 aliphatic heterocycles. The summed E-state index contributed by atoms with van der Waals surface area (Å²) in [4.78, 5) is 19.6. The van der Waals surface area contributed by atoms with Crippen molar-refractivity contribution in [3.8, 4) is 11.4 Å². The molecule has 1 aromatic heterocycles. The zero-order valence-corrected chi connectivity index (χ0v) is 17.7. The van der Waals surface area contributed by atoms with E-state index in [-0.39, 0.29) is 0 Å². The largest absolute Gasteiger partial charge is 0.366 e. The van der Waals surface area contributed by atoms with Crippen LogP contribution in [0.5, 0.6) is 0 Å². The summed E-state index contributed by atoms with van der Waals surface area (Å²) in [5, 5.41) is 4.16. The standard InChI is InChI=1S/C25H23ClN4O/c26-18-12-20(24(27)31)23-22(13-18)29-25(30-23)17-10-8-15(9-11-17)14-28-21-7-3-5-16-4-1-2-6-19(16)21/h1-2,4,6,8-13,21,28H,3,5,7,14H2,(H2,27,31)(H,29,30). The van der Waals surface area contributed by atoms with Gasteiger partial charge in [0.05, 0.1) is 11.1 Å². The van der Waals surface area contributed by atoms with Crippen LogP contribution in [0.25, 0.3) is 22.4 Å². The first-order valence-electron chi connectivity index (χ1n) is 10.5. The number of hydrogen-bond acceptors (Lipinski definition) is 3. The molecule has 1 heterocycles. The highest BCUT2D eigenvalue weighted by Gasteiger charge is 2.19. The van der Waals surface area contributed by atoms with Crippen molar-refractivity contribution in [3.05, 3.63) is 87.9 Å². The SMILES string of the molecule is NC(=O)c1cc(Cl)cc2[nH]c(-c3ccc(CNC4CCCc5ccccc54)cc3)nc12. The molecular weight excluding hydrogens is 408 g/mol. The van der Waals surface area contributed by atoms with Gasteiger partial charge in [0, 0.05) is 23.2 Å². The van der Waals surface area contributed by atoms with Crippen LogP contribution in [-0.4, -0.2) is 15.9 Å². The lowest BCUT2D eigenvalue weighted by atomic mass is 9.87. The highest BCUT2D eigenvalue weighted by molar-refractivity contribution is 6.32. The third-order valence-electron chi connectivity index (χ3n) is 5.97. The molecule has 4 aromatic rings. The maximum Gasteiger partial charge on any atom is 0.251 e. The Morgan fingerprint density at radius 2 is 1.97 bits per heavy atom. The molecule has 5 rings (SSSR count). The van der Waals surface area contributed by atoms with Crippen LogP contribution in [0.1, 0.15) is 45.9 Å². The van der Waals surface area contributed by atoms with Crippen LogP contribution in [0.2, 0.25) is 5.02 Å². The van der Waals surface area contributed by atoms with E-state index in [0.29, 0.717) is 33.5 Å². The number of hydrogen-bond donors (Lipinski definition) is 3. The lowest BCUT2D eigenvalue weighted by molar-refractivity contribution is 0.100. The van der Waals surface area contributed by atoms with E-state index in [2.05, 4.69) is 51.7 Å². The zero-order valence-electron chi connectivity index (χ0n) is 17.0. The smallest absolute Gasteiger partial charge is 0.251 e. The Bertz CT molecular complexity index is 1260. The molecule has 0 fully saturated rings. The van der Waals surface area contributed by atoms with Gasteiger partial charge in [0.25, 0.3) is 5.91 Å². The minimum atomic E-state index is -0.545. The number of nitrogens with zero attached hydrogens (tertiary/aromatic N) is 1. The van der Waals surface area contributed by atoms with Gasteiger partial charge in [0.2, 0.25) is 0 Å². The molecule has 1 atom stereocenters. The van der Waals surface area contributed by atoms with E-state index < -0.39 is 5.91 Å². The minimum absolute atomic E-state index is 0.318. The second kappa shape index (κ2) is 8.17. The van der Waals surface area contributed by atoms with Gasteiger partial charge in [-0.05, 0) is 48.1 Å². The third-order valence-corrected chi connectivity index (χ3v) is 6.18. The quantitative estimate of drug-likeness (QED) is 0.409. The van der Waals surface area contributed by atoms with E-state index in [1.54, 1.807) is 12.1 Å². The first kappa shape index (κ1) is 19.8. The number of carbonyl (C=O) groups excluding carboxylic acids is 1. The molecule has 1 unspecified atom stereocenters. The Balaban J connectivity index is 1.34. The molecular formula is C25H23ClN4O. The van der Waals surface area contributed by atoms with Gasteiger partial charge in [-0.3, -0.25) is 4.79 Å². The van der Waals surface area contributed by atoms with Gasteiger partial charge in [0.15, 0.2) is 0 Å². The van der Waals surface area contributed by atoms with E-state index >= 15 is 0 Å². The molecule has 31 heavy (non-hydrogen) atoms. The number of imidazole rings is 1. The van der Waals surface area contributed by atoms with Crippen molar-refractivity contribution < 1.29 is 4.79 Å². The monoisotopic (exact) mass is 430 g/mol. The summed E-state index contributed by atoms with van der Waals surface area (Å²) in [5.74, 6) is 0.136. The van der Waals surface area contributed by atoms with E-state index in [1.165, 1.54) is 36.0 Å². The average Bonchev–Trinajstić information content (AvgIpc) is 3.21. The number of halogens is 1. The van der Waals surface area contributed by atoms with Crippen molar-refractivity contribution in [2.75, 3.05) is 0 Å². The Kier molecular flexibility index (Phi) is 5.22. The van der Waals surface area contributed by atoms with Crippen molar-refractivity contribution in [1.29, 1.82) is 0 Å². The number of nitrogens with two attached hydrogens (primary N) is 1. The van der Waals surface area contributed by atoms with Crippen molar-refractivity contribution in [1.82, 2.24) is 15.3 Å². The second-order valence-corrected chi connectivity index (χ2v) is 8.46. The summed E-state index contributed by atoms with van der Waals surface area (Å²) in [6.45, 7) is 0.806. The van der Waals surface area contributed by atoms with E-state index in [0.717, 1.165) is 12.1 Å². The number of aromatic amines is 1. The molecule has 3 aromatic carbocycles. The molecule has 1 aliphatic carbocycles. The maximum absolute atomic E-state index is 11.7. The van der Waals surface area contributed by atoms with Gasteiger partial charge in [-0.1, -0.05) is 60.1 Å². The number of primary amides is 1. The van der Waals surface area contributed by atoms with Crippen LogP contribution in [0.3, 0.4) is 0 Å². The molecule has 1 aliphatic rings. The number of carbonyl (C=O) groups is 1. The number of nitrogens with one attached hydrogen (secondary N) is 2. The normalized spacial score (nSPS) is 15.7. The number of aryl methyl sites for hydroxylation is 1. The van der Waals surface area contributed by atoms with Gasteiger partial charge in [-0.2, -0.15) is 0 Å². The van der Waals surface area contributed by atoms with Crippen molar-refractivity contribution in [3.63, 3.8) is 0 Å². The summed E-state index contributed by atoms with van der Waals surface area (Å²) in [7, 11) is 0. The summed E-state index contributed by atoms with van der Waals surface area (Å²) in [6.07, 6.45) is 3.55. The lowest BCUT2D eigenvalue weighted by Gasteiger charge is -2.26. The van der Waals surface area contributed by atoms with E-state index in [4.69, 9.17) is 17.3 Å². The number of fused-ring (bicyclic) bond motifs is 2. The lowest BCUT2D eigenvalue weighted by Crippen LogP contribution is -2.24. The van der Waals surface area contributed by atoms with Crippen LogP contribution < -0.4 is 11.1 Å². The molecule has 156 valence electrons. The highest BCUT2D eigenvalue weighted by atomic mass is 35.5. The molecule has 5 nitrogen and oxygen atoms in total. The molecule has 0 saturated heterocycles. The van der Waals surface area contributed by atoms with Gasteiger partial charge < -0.3 is 16.0 Å². The van der Waals surface area contributed by atoms with Gasteiger partial charge in [0.1, 0.15) is 11.3 Å². The fourth-order valence-corrected chi connectivity index (χ4v) is 4.61. The number of benzene rings is 3. The Hall–Kier alpha value is -3.15. The average molecular weight is 431 g/mol. The molecule has 6 heteroatoms. The second-order valence-electron chi connectivity index (χ2n) is 8.02. The summed E-state index contributed by atoms with van der Waals surface area (Å²) < 4.78 is 0. The summed E-state index contributed by atoms with van der Waals surface area (Å²) in [5.41, 5.74) is 12.1. The molecule has 0 spiro atoms. The summed E-state index contributed by atoms with van der Waals surface area (Å²) in [6, 6.07) is 20.7. The first-order chi connectivity index (χ1) is 15.1. The summed E-state index contributed by atoms with van der Waals surface area (Å²) >= 11 is 6.11.